The van der Waals surface area contributed by atoms with Crippen LogP contribution in [-0.4, -0.2) is 107 Å². The Morgan fingerprint density at radius 1 is 0.896 bits per heavy atom. The molecule has 3 fully saturated rings. The number of alkyl halides is 4. The van der Waals surface area contributed by atoms with Crippen molar-refractivity contribution in [3.63, 3.8) is 0 Å². The lowest BCUT2D eigenvalue weighted by Gasteiger charge is -2.48. The third-order valence-electron chi connectivity index (χ3n) is 13.1. The Hall–Kier alpha value is -6.24. The molecule has 19 heteroatoms. The predicted octanol–water partition coefficient (Wildman–Crippen LogP) is 8.78. The van der Waals surface area contributed by atoms with E-state index in [0.29, 0.717) is 35.5 Å². The Morgan fingerprint density at radius 3 is 2.07 bits per heavy atom. The molecule has 6 heterocycles. The number of hydrogen-bond acceptors (Lipinski definition) is 12. The largest absolute Gasteiger partial charge is 0.497 e. The first kappa shape index (κ1) is 45.9. The Labute approximate surface area is 383 Å². The second-order valence-corrected chi connectivity index (χ2v) is 18.5. The Kier molecular flexibility index (Phi) is 11.7. The van der Waals surface area contributed by atoms with Gasteiger partial charge >= 0.3 is 12.3 Å². The zero-order chi connectivity index (χ0) is 47.9. The first-order valence-corrected chi connectivity index (χ1v) is 22.1. The third kappa shape index (κ3) is 8.22. The number of aromatic nitrogens is 3. The fourth-order valence-corrected chi connectivity index (χ4v) is 9.97. The Balaban J connectivity index is 1.24. The lowest BCUT2D eigenvalue weighted by molar-refractivity contribution is -0.137. The maximum Gasteiger partial charge on any atom is 0.417 e. The van der Waals surface area contributed by atoms with Crippen LogP contribution >= 0.6 is 0 Å². The maximum absolute atomic E-state index is 17.9. The van der Waals surface area contributed by atoms with Gasteiger partial charge in [-0.2, -0.15) is 18.2 Å². The molecular weight excluding hydrogens is 885 g/mol. The van der Waals surface area contributed by atoms with Crippen molar-refractivity contribution < 1.29 is 55.2 Å². The molecule has 1 amide bonds. The van der Waals surface area contributed by atoms with E-state index in [-0.39, 0.29) is 60.9 Å². The molecule has 0 radical (unpaired) electrons. The molecule has 3 aromatic carbocycles. The maximum atomic E-state index is 17.9. The van der Waals surface area contributed by atoms with E-state index in [0.717, 1.165) is 13.0 Å². The first-order chi connectivity index (χ1) is 31.8. The van der Waals surface area contributed by atoms with E-state index in [9.17, 15) is 14.3 Å². The number of aliphatic hydroxyl groups excluding tert-OH is 1. The van der Waals surface area contributed by atoms with Gasteiger partial charge in [-0.1, -0.05) is 24.3 Å². The van der Waals surface area contributed by atoms with Crippen molar-refractivity contribution in [3.8, 4) is 28.6 Å². The van der Waals surface area contributed by atoms with E-state index in [1.54, 1.807) is 86.0 Å². The molecule has 67 heavy (non-hydrogen) atoms. The second kappa shape index (κ2) is 17.1. The molecule has 4 aliphatic rings. The van der Waals surface area contributed by atoms with Crippen molar-refractivity contribution in [1.82, 2.24) is 19.9 Å². The van der Waals surface area contributed by atoms with Crippen LogP contribution in [0.2, 0.25) is 0 Å². The van der Waals surface area contributed by atoms with Gasteiger partial charge in [-0.25, -0.2) is 27.9 Å². The third-order valence-corrected chi connectivity index (χ3v) is 13.1. The number of carbonyl (C=O) groups excluding carboxylic acids is 1. The summed E-state index contributed by atoms with van der Waals surface area (Å²) in [7, 11) is 3.01. The highest BCUT2D eigenvalue weighted by molar-refractivity contribution is 5.98. The van der Waals surface area contributed by atoms with Crippen molar-refractivity contribution in [3.05, 3.63) is 88.5 Å². The van der Waals surface area contributed by atoms with E-state index >= 15 is 22.0 Å². The van der Waals surface area contributed by atoms with Gasteiger partial charge in [0.2, 0.25) is 11.8 Å². The zero-order valence-corrected chi connectivity index (χ0v) is 38.0. The highest BCUT2D eigenvalue weighted by Gasteiger charge is 2.54. The molecule has 6 atom stereocenters. The van der Waals surface area contributed by atoms with Crippen LogP contribution in [0.1, 0.15) is 62.8 Å². The predicted molar refractivity (Wildman–Crippen MR) is 238 cm³/mol. The number of pyridine rings is 1. The summed E-state index contributed by atoms with van der Waals surface area (Å²) < 4.78 is 119. The van der Waals surface area contributed by atoms with Gasteiger partial charge in [0.15, 0.2) is 5.82 Å². The zero-order valence-electron chi connectivity index (χ0n) is 38.0. The molecule has 0 unspecified atom stereocenters. The Bertz CT molecular complexity index is 2650. The van der Waals surface area contributed by atoms with Gasteiger partial charge in [0.1, 0.15) is 57.6 Å². The standard InChI is InChI=1S/C48H51F6N7O6/c1-24-37(48(52,53)54)31(18-34(38(24)50)58(19-26-8-13-29(64-6)14-9-26)20-27-10-15-30(65-7)16-11-27)40-39(51)41-36-43(57-45(56-41)59-22-32(49)35(59)23-62)60-21-28-12-17-33(42(60)25(2)66-44(36)55-40)61(28)46(63)67-47(3,4)5/h8-11,13-16,18,25,28,32-33,35,42,62H,12,17,19-23H2,1-7H3/t25-,28+,32+,33-,35+,42+/m0/s1. The first-order valence-electron chi connectivity index (χ1n) is 22.1. The highest BCUT2D eigenvalue weighted by atomic mass is 19.4. The minimum atomic E-state index is -5.21. The lowest BCUT2D eigenvalue weighted by atomic mass is 9.95. The van der Waals surface area contributed by atoms with Crippen molar-refractivity contribution in [2.24, 2.45) is 0 Å². The van der Waals surface area contributed by atoms with Gasteiger partial charge in [-0.15, -0.1) is 0 Å². The Morgan fingerprint density at radius 2 is 1.52 bits per heavy atom. The summed E-state index contributed by atoms with van der Waals surface area (Å²) in [5.74, 6) is -1.68. The molecule has 13 nitrogen and oxygen atoms in total. The van der Waals surface area contributed by atoms with Crippen LogP contribution in [0.25, 0.3) is 22.2 Å². The minimum Gasteiger partial charge on any atom is -0.497 e. The smallest absolute Gasteiger partial charge is 0.417 e. The molecule has 0 spiro atoms. The van der Waals surface area contributed by atoms with E-state index in [2.05, 4.69) is 9.97 Å². The lowest BCUT2D eigenvalue weighted by Crippen LogP contribution is -2.65. The number of halogens is 6. The molecule has 356 valence electrons. The van der Waals surface area contributed by atoms with Gasteiger partial charge in [0.05, 0.1) is 62.8 Å². The van der Waals surface area contributed by atoms with E-state index < -0.39 is 94.4 Å². The van der Waals surface area contributed by atoms with Crippen molar-refractivity contribution in [1.29, 1.82) is 0 Å². The van der Waals surface area contributed by atoms with E-state index in [1.807, 2.05) is 4.90 Å². The summed E-state index contributed by atoms with van der Waals surface area (Å²) in [5.41, 5.74) is -4.06. The van der Waals surface area contributed by atoms with Crippen LogP contribution in [0.4, 0.5) is 48.6 Å². The quantitative estimate of drug-likeness (QED) is 0.135. The molecule has 9 rings (SSSR count). The molecule has 2 aromatic heterocycles. The van der Waals surface area contributed by atoms with E-state index in [4.69, 9.17) is 23.9 Å². The average Bonchev–Trinajstić information content (AvgIpc) is 3.52. The number of rotatable bonds is 10. The number of amides is 1. The summed E-state index contributed by atoms with van der Waals surface area (Å²) in [4.78, 5) is 34.2. The molecule has 3 saturated heterocycles. The average molecular weight is 936 g/mol. The van der Waals surface area contributed by atoms with Gasteiger partial charge < -0.3 is 38.8 Å². The number of carbonyl (C=O) groups is 1. The van der Waals surface area contributed by atoms with E-state index in [1.165, 1.54) is 19.1 Å². The fourth-order valence-electron chi connectivity index (χ4n) is 9.97. The molecular formula is C48H51F6N7O6. The number of fused-ring (bicyclic) bond motifs is 5. The number of piperazine rings is 1. The second-order valence-electron chi connectivity index (χ2n) is 18.5. The van der Waals surface area contributed by atoms with Gasteiger partial charge in [-0.3, -0.25) is 4.90 Å². The fraction of sp³-hybridized carbons (Fsp3) is 0.458. The van der Waals surface area contributed by atoms with Gasteiger partial charge in [-0.05, 0) is 94.5 Å². The number of hydrogen-bond donors (Lipinski definition) is 1. The molecule has 5 aromatic rings. The number of ether oxygens (including phenoxy) is 4. The van der Waals surface area contributed by atoms with Gasteiger partial charge in [0, 0.05) is 25.2 Å². The highest BCUT2D eigenvalue weighted by Crippen LogP contribution is 2.50. The molecule has 4 aliphatic heterocycles. The summed E-state index contributed by atoms with van der Waals surface area (Å²) in [6.07, 6.45) is -6.88. The normalized spacial score (nSPS) is 22.2. The van der Waals surface area contributed by atoms with Crippen LogP contribution in [0.5, 0.6) is 17.4 Å². The number of nitrogens with zero attached hydrogens (tertiary/aromatic N) is 7. The SMILES string of the molecule is COc1ccc(CN(Cc2ccc(OC)cc2)c2cc(-c3nc4c5c(nc(N6C[C@@H](F)[C@H]6CO)nc5c3F)N3C[C@H]5CC[C@@H]([C@H]3[C@H](C)O4)N5C(=O)OC(C)(C)C)c(C(F)(F)F)c(C)c2F)cc1. The van der Waals surface area contributed by atoms with Crippen molar-refractivity contribution in [2.75, 3.05) is 48.6 Å². The number of aliphatic hydroxyl groups is 1. The van der Waals surface area contributed by atoms with Crippen molar-refractivity contribution in [2.45, 2.75) is 109 Å². The van der Waals surface area contributed by atoms with Crippen LogP contribution in [0.15, 0.2) is 54.6 Å². The topological polar surface area (TPSA) is 126 Å². The van der Waals surface area contributed by atoms with Crippen LogP contribution < -0.4 is 28.9 Å². The monoisotopic (exact) mass is 935 g/mol. The van der Waals surface area contributed by atoms with Crippen LogP contribution in [0, 0.1) is 18.6 Å². The number of methoxy groups -OCH3 is 2. The summed E-state index contributed by atoms with van der Waals surface area (Å²) in [5, 5.41) is 10.1. The minimum absolute atomic E-state index is 0.00770. The number of anilines is 3. The van der Waals surface area contributed by atoms with Crippen molar-refractivity contribution >= 4 is 34.4 Å². The molecule has 1 N–H and O–H groups in total. The number of benzene rings is 3. The summed E-state index contributed by atoms with van der Waals surface area (Å²) in [6.45, 7) is 7.35. The molecule has 0 aliphatic carbocycles. The van der Waals surface area contributed by atoms with Gasteiger partial charge in [0.25, 0.3) is 0 Å². The summed E-state index contributed by atoms with van der Waals surface area (Å²) >= 11 is 0. The van der Waals surface area contributed by atoms with Crippen LogP contribution in [-0.2, 0) is 24.0 Å². The van der Waals surface area contributed by atoms with Crippen LogP contribution in [0.3, 0.4) is 0 Å². The molecule has 0 saturated carbocycles. The summed E-state index contributed by atoms with van der Waals surface area (Å²) in [6, 6.07) is 12.2. The molecule has 2 bridgehead atoms.